The third kappa shape index (κ3) is 3.12. The molecule has 2 rings (SSSR count). The third-order valence-corrected chi connectivity index (χ3v) is 4.23. The maximum absolute atomic E-state index is 10.9. The highest BCUT2D eigenvalue weighted by atomic mass is 32.2. The monoisotopic (exact) mass is 297 g/mol. The first kappa shape index (κ1) is 13.6. The summed E-state index contributed by atoms with van der Waals surface area (Å²) in [7, 11) is 3.74. The Morgan fingerprint density at radius 1 is 1.42 bits per heavy atom. The molecular formula is C10H11N5O2S2. The molecule has 0 aliphatic rings. The van der Waals surface area contributed by atoms with Crippen molar-refractivity contribution in [2.24, 2.45) is 0 Å². The Morgan fingerprint density at radius 2 is 2.16 bits per heavy atom. The molecule has 2 heterocycles. The predicted octanol–water partition coefficient (Wildman–Crippen LogP) is 1.43. The highest BCUT2D eigenvalue weighted by Crippen LogP contribution is 2.34. The van der Waals surface area contributed by atoms with E-state index in [1.807, 2.05) is 19.0 Å². The van der Waals surface area contributed by atoms with E-state index in [1.165, 1.54) is 35.2 Å². The van der Waals surface area contributed by atoms with Gasteiger partial charge in [0.1, 0.15) is 10.7 Å². The van der Waals surface area contributed by atoms with Crippen molar-refractivity contribution < 1.29 is 9.90 Å². The van der Waals surface area contributed by atoms with Gasteiger partial charge in [-0.3, -0.25) is 0 Å². The maximum atomic E-state index is 10.9. The minimum absolute atomic E-state index is 0.0472. The third-order valence-electron chi connectivity index (χ3n) is 2.07. The summed E-state index contributed by atoms with van der Waals surface area (Å²) >= 11 is 2.59. The van der Waals surface area contributed by atoms with Crippen LogP contribution in [0.4, 0.5) is 10.8 Å². The summed E-state index contributed by atoms with van der Waals surface area (Å²) in [4.78, 5) is 16.7. The van der Waals surface area contributed by atoms with Crippen molar-refractivity contribution in [2.45, 2.75) is 9.37 Å². The summed E-state index contributed by atoms with van der Waals surface area (Å²) in [5.74, 6) is -1.09. The largest absolute Gasteiger partial charge is 0.477 e. The van der Waals surface area contributed by atoms with E-state index in [9.17, 15) is 4.79 Å². The zero-order valence-electron chi connectivity index (χ0n) is 10.2. The van der Waals surface area contributed by atoms with Gasteiger partial charge in [-0.2, -0.15) is 0 Å². The van der Waals surface area contributed by atoms with Crippen molar-refractivity contribution in [1.29, 1.82) is 0 Å². The molecule has 0 radical (unpaired) electrons. The van der Waals surface area contributed by atoms with Gasteiger partial charge in [0.25, 0.3) is 0 Å². The Kier molecular flexibility index (Phi) is 3.86. The zero-order chi connectivity index (χ0) is 14.0. The Balaban J connectivity index is 2.26. The molecule has 7 nitrogen and oxygen atoms in total. The number of nitrogen functional groups attached to an aromatic ring is 1. The molecule has 9 heteroatoms. The lowest BCUT2D eigenvalue weighted by Gasteiger charge is -2.04. The molecular weight excluding hydrogens is 286 g/mol. The van der Waals surface area contributed by atoms with Crippen molar-refractivity contribution in [3.63, 3.8) is 0 Å². The second kappa shape index (κ2) is 5.41. The molecule has 3 N–H and O–H groups in total. The highest BCUT2D eigenvalue weighted by Gasteiger charge is 2.13. The fourth-order valence-electron chi connectivity index (χ4n) is 1.16. The van der Waals surface area contributed by atoms with E-state index < -0.39 is 5.97 Å². The van der Waals surface area contributed by atoms with Gasteiger partial charge in [-0.15, -0.1) is 10.2 Å². The van der Waals surface area contributed by atoms with Crippen LogP contribution in [0.3, 0.4) is 0 Å². The summed E-state index contributed by atoms with van der Waals surface area (Å²) in [5.41, 5.74) is 6.14. The smallest absolute Gasteiger partial charge is 0.354 e. The van der Waals surface area contributed by atoms with Gasteiger partial charge in [-0.25, -0.2) is 9.78 Å². The van der Waals surface area contributed by atoms with Crippen LogP contribution in [-0.4, -0.2) is 40.4 Å². The molecule has 0 fully saturated rings. The predicted molar refractivity (Wildman–Crippen MR) is 74.0 cm³/mol. The fourth-order valence-corrected chi connectivity index (χ4v) is 2.87. The number of carboxylic acid groups (broad SMARTS) is 1. The van der Waals surface area contributed by atoms with E-state index in [1.54, 1.807) is 0 Å². The second-order valence-corrected chi connectivity index (χ2v) is 5.93. The number of pyridine rings is 1. The lowest BCUT2D eigenvalue weighted by molar-refractivity contribution is 0.0690. The molecule has 0 saturated heterocycles. The summed E-state index contributed by atoms with van der Waals surface area (Å²) in [6.07, 6.45) is 0. The number of nitrogens with zero attached hydrogens (tertiary/aromatic N) is 4. The number of rotatable bonds is 4. The Morgan fingerprint density at radius 3 is 2.74 bits per heavy atom. The second-order valence-electron chi connectivity index (χ2n) is 3.74. The van der Waals surface area contributed by atoms with Gasteiger partial charge in [0.2, 0.25) is 5.13 Å². The average molecular weight is 297 g/mol. The number of nitrogens with two attached hydrogens (primary N) is 1. The van der Waals surface area contributed by atoms with E-state index >= 15 is 0 Å². The summed E-state index contributed by atoms with van der Waals surface area (Å²) in [6.45, 7) is 0. The molecule has 0 amide bonds. The fraction of sp³-hybridized carbons (Fsp3) is 0.200. The van der Waals surface area contributed by atoms with Crippen molar-refractivity contribution in [3.8, 4) is 0 Å². The van der Waals surface area contributed by atoms with Crippen LogP contribution in [0.15, 0.2) is 21.5 Å². The minimum atomic E-state index is -1.09. The number of anilines is 2. The number of carbonyl (C=O) groups is 1. The van der Waals surface area contributed by atoms with Gasteiger partial charge < -0.3 is 15.7 Å². The Hall–Kier alpha value is -1.87. The first-order valence-electron chi connectivity index (χ1n) is 5.16. The van der Waals surface area contributed by atoms with Crippen molar-refractivity contribution in [3.05, 3.63) is 17.8 Å². The van der Waals surface area contributed by atoms with Crippen molar-refractivity contribution in [1.82, 2.24) is 15.2 Å². The number of hydrogen-bond acceptors (Lipinski definition) is 8. The molecule has 0 aromatic carbocycles. The topological polar surface area (TPSA) is 105 Å². The molecule has 0 atom stereocenters. The SMILES string of the molecule is CN(C)c1nnc(Sc2nc(C(=O)O)ccc2N)s1. The van der Waals surface area contributed by atoms with Gasteiger partial charge in [-0.1, -0.05) is 11.3 Å². The minimum Gasteiger partial charge on any atom is -0.477 e. The van der Waals surface area contributed by atoms with Gasteiger partial charge in [-0.05, 0) is 23.9 Å². The van der Waals surface area contributed by atoms with E-state index in [0.717, 1.165) is 5.13 Å². The molecule has 0 aliphatic heterocycles. The molecule has 2 aromatic heterocycles. The summed E-state index contributed by atoms with van der Waals surface area (Å²) in [5, 5.41) is 18.1. The van der Waals surface area contributed by atoms with Gasteiger partial charge in [0, 0.05) is 14.1 Å². The normalized spacial score (nSPS) is 10.4. The van der Waals surface area contributed by atoms with E-state index in [-0.39, 0.29) is 5.69 Å². The molecule has 2 aromatic rings. The number of aromatic nitrogens is 3. The Bertz CT molecular complexity index is 614. The van der Waals surface area contributed by atoms with Crippen LogP contribution in [0.25, 0.3) is 0 Å². The first-order valence-corrected chi connectivity index (χ1v) is 6.79. The van der Waals surface area contributed by atoms with Gasteiger partial charge >= 0.3 is 5.97 Å². The first-order chi connectivity index (χ1) is 8.97. The van der Waals surface area contributed by atoms with E-state index in [2.05, 4.69) is 15.2 Å². The average Bonchev–Trinajstić information content (AvgIpc) is 2.80. The van der Waals surface area contributed by atoms with E-state index in [4.69, 9.17) is 10.8 Å². The Labute approximate surface area is 117 Å². The maximum Gasteiger partial charge on any atom is 0.354 e. The molecule has 0 bridgehead atoms. The summed E-state index contributed by atoms with van der Waals surface area (Å²) in [6, 6.07) is 2.89. The van der Waals surface area contributed by atoms with Crippen LogP contribution >= 0.6 is 23.1 Å². The van der Waals surface area contributed by atoms with E-state index in [0.29, 0.717) is 15.1 Å². The lowest BCUT2D eigenvalue weighted by atomic mass is 10.3. The van der Waals surface area contributed by atoms with Crippen LogP contribution < -0.4 is 10.6 Å². The van der Waals surface area contributed by atoms with Crippen LogP contribution in [0, 0.1) is 0 Å². The van der Waals surface area contributed by atoms with Crippen LogP contribution in [-0.2, 0) is 0 Å². The molecule has 0 unspecified atom stereocenters. The molecule has 0 spiro atoms. The number of carboxylic acids is 1. The van der Waals surface area contributed by atoms with Gasteiger partial charge in [0.15, 0.2) is 4.34 Å². The standard InChI is InChI=1S/C10H11N5O2S2/c1-15(2)9-13-14-10(19-9)18-7-5(11)3-4-6(12-7)8(16)17/h3-4H,11H2,1-2H3,(H,16,17). The van der Waals surface area contributed by atoms with Crippen molar-refractivity contribution >= 4 is 39.9 Å². The quantitative estimate of drug-likeness (QED) is 0.873. The lowest BCUT2D eigenvalue weighted by Crippen LogP contribution is -2.07. The molecule has 19 heavy (non-hydrogen) atoms. The molecule has 100 valence electrons. The van der Waals surface area contributed by atoms with Crippen LogP contribution in [0.5, 0.6) is 0 Å². The van der Waals surface area contributed by atoms with Crippen LogP contribution in [0.2, 0.25) is 0 Å². The van der Waals surface area contributed by atoms with Crippen LogP contribution in [0.1, 0.15) is 10.5 Å². The highest BCUT2D eigenvalue weighted by molar-refractivity contribution is 8.01. The van der Waals surface area contributed by atoms with Gasteiger partial charge in [0.05, 0.1) is 5.69 Å². The van der Waals surface area contributed by atoms with Crippen molar-refractivity contribution in [2.75, 3.05) is 24.7 Å². The molecule has 0 aliphatic carbocycles. The molecule has 0 saturated carbocycles. The number of hydrogen-bond donors (Lipinski definition) is 2. The number of aromatic carboxylic acids is 1. The summed E-state index contributed by atoms with van der Waals surface area (Å²) < 4.78 is 0.658. The zero-order valence-corrected chi connectivity index (χ0v) is 11.8.